The summed E-state index contributed by atoms with van der Waals surface area (Å²) in [6, 6.07) is 0.563. The van der Waals surface area contributed by atoms with E-state index in [-0.39, 0.29) is 11.6 Å². The van der Waals surface area contributed by atoms with E-state index in [9.17, 15) is 0 Å². The van der Waals surface area contributed by atoms with Gasteiger partial charge in [-0.3, -0.25) is 0 Å². The first kappa shape index (κ1) is 11.2. The molecule has 1 fully saturated rings. The molecule has 2 aliphatic rings. The molecule has 1 aromatic heterocycles. The van der Waals surface area contributed by atoms with Crippen LogP contribution in [0.5, 0.6) is 0 Å². The van der Waals surface area contributed by atoms with Gasteiger partial charge in [-0.15, -0.1) is 5.10 Å². The van der Waals surface area contributed by atoms with E-state index in [0.29, 0.717) is 12.0 Å². The molecule has 0 bridgehead atoms. The summed E-state index contributed by atoms with van der Waals surface area (Å²) in [6.45, 7) is 4.29. The first-order valence-corrected chi connectivity index (χ1v) is 6.51. The highest BCUT2D eigenvalue weighted by molar-refractivity contribution is 5.25. The molecule has 3 rings (SSSR count). The van der Waals surface area contributed by atoms with E-state index < -0.39 is 0 Å². The van der Waals surface area contributed by atoms with Crippen molar-refractivity contribution >= 4 is 0 Å². The average molecular weight is 235 g/mol. The minimum absolute atomic E-state index is 0.126. The molecule has 0 spiro atoms. The Morgan fingerprint density at radius 2 is 2.18 bits per heavy atom. The first-order valence-electron chi connectivity index (χ1n) is 6.51. The fourth-order valence-corrected chi connectivity index (χ4v) is 3.22. The van der Waals surface area contributed by atoms with Gasteiger partial charge in [0.15, 0.2) is 0 Å². The maximum Gasteiger partial charge on any atom is 0.0860 e. The zero-order valence-electron chi connectivity index (χ0n) is 10.6. The molecule has 0 aliphatic heterocycles. The van der Waals surface area contributed by atoms with Gasteiger partial charge in [-0.1, -0.05) is 5.21 Å². The smallest absolute Gasteiger partial charge is 0.0860 e. The second kappa shape index (κ2) is 3.53. The van der Waals surface area contributed by atoms with Crippen LogP contribution in [-0.4, -0.2) is 26.6 Å². The topological polar surface area (TPSA) is 82.8 Å². The molecule has 5 heteroatoms. The summed E-state index contributed by atoms with van der Waals surface area (Å²) >= 11 is 0. The van der Waals surface area contributed by atoms with Crippen LogP contribution in [0.3, 0.4) is 0 Å². The molecule has 1 unspecified atom stereocenters. The van der Waals surface area contributed by atoms with Gasteiger partial charge in [0.1, 0.15) is 0 Å². The number of nitrogens with zero attached hydrogens (tertiary/aromatic N) is 3. The Labute approximate surface area is 102 Å². The fourth-order valence-electron chi connectivity index (χ4n) is 3.22. The van der Waals surface area contributed by atoms with Crippen molar-refractivity contribution in [2.24, 2.45) is 17.4 Å². The van der Waals surface area contributed by atoms with E-state index in [0.717, 1.165) is 31.4 Å². The van der Waals surface area contributed by atoms with E-state index in [1.54, 1.807) is 0 Å². The zero-order chi connectivity index (χ0) is 12.2. The summed E-state index contributed by atoms with van der Waals surface area (Å²) in [5.41, 5.74) is 14.7. The van der Waals surface area contributed by atoms with Crippen molar-refractivity contribution in [1.29, 1.82) is 0 Å². The summed E-state index contributed by atoms with van der Waals surface area (Å²) in [5.74, 6) is 0.492. The van der Waals surface area contributed by atoms with Gasteiger partial charge < -0.3 is 11.5 Å². The van der Waals surface area contributed by atoms with Crippen molar-refractivity contribution in [2.75, 3.05) is 0 Å². The lowest BCUT2D eigenvalue weighted by Crippen LogP contribution is -2.32. The number of aromatic nitrogens is 3. The lowest BCUT2D eigenvalue weighted by atomic mass is 9.97. The van der Waals surface area contributed by atoms with Gasteiger partial charge in [0.25, 0.3) is 0 Å². The van der Waals surface area contributed by atoms with Crippen LogP contribution in [0.4, 0.5) is 0 Å². The average Bonchev–Trinajstić information content (AvgIpc) is 2.62. The molecule has 94 valence electrons. The first-order chi connectivity index (χ1) is 8.04. The number of hydrogen-bond donors (Lipinski definition) is 2. The molecule has 0 radical (unpaired) electrons. The SMILES string of the molecule is CC(C)n1nnc2c1CC[C@H]1C(N)[C@@]1(N)CC2. The third-order valence-electron chi connectivity index (χ3n) is 4.48. The Morgan fingerprint density at radius 3 is 2.88 bits per heavy atom. The summed E-state index contributed by atoms with van der Waals surface area (Å²) < 4.78 is 2.05. The monoisotopic (exact) mass is 235 g/mol. The van der Waals surface area contributed by atoms with Gasteiger partial charge in [-0.25, -0.2) is 4.68 Å². The van der Waals surface area contributed by atoms with Gasteiger partial charge in [0, 0.05) is 17.6 Å². The van der Waals surface area contributed by atoms with E-state index in [1.165, 1.54) is 5.69 Å². The Kier molecular flexibility index (Phi) is 2.32. The van der Waals surface area contributed by atoms with Crippen LogP contribution in [0.15, 0.2) is 0 Å². The van der Waals surface area contributed by atoms with Gasteiger partial charge in [-0.05, 0) is 45.4 Å². The van der Waals surface area contributed by atoms with Gasteiger partial charge in [0.05, 0.1) is 11.4 Å². The number of hydrogen-bond acceptors (Lipinski definition) is 4. The number of rotatable bonds is 1. The number of nitrogens with two attached hydrogens (primary N) is 2. The minimum Gasteiger partial charge on any atom is -0.326 e. The van der Waals surface area contributed by atoms with Gasteiger partial charge >= 0.3 is 0 Å². The van der Waals surface area contributed by atoms with Crippen molar-refractivity contribution in [3.63, 3.8) is 0 Å². The molecular formula is C12H21N5. The van der Waals surface area contributed by atoms with Crippen molar-refractivity contribution in [1.82, 2.24) is 15.0 Å². The summed E-state index contributed by atoms with van der Waals surface area (Å²) in [6.07, 6.45) is 3.95. The predicted octanol–water partition coefficient (Wildman–Crippen LogP) is 0.392. The largest absolute Gasteiger partial charge is 0.326 e. The molecule has 0 aromatic carbocycles. The maximum absolute atomic E-state index is 6.31. The van der Waals surface area contributed by atoms with Crippen molar-refractivity contribution in [3.05, 3.63) is 11.4 Å². The quantitative estimate of drug-likeness (QED) is 0.737. The van der Waals surface area contributed by atoms with Crippen LogP contribution < -0.4 is 11.5 Å². The summed E-state index contributed by atoms with van der Waals surface area (Å²) in [4.78, 5) is 0. The highest BCUT2D eigenvalue weighted by atomic mass is 15.4. The number of aryl methyl sites for hydroxylation is 1. The molecule has 2 aliphatic carbocycles. The molecule has 0 amide bonds. The van der Waals surface area contributed by atoms with Crippen LogP contribution in [0, 0.1) is 5.92 Å². The summed E-state index contributed by atoms with van der Waals surface area (Å²) in [5, 5.41) is 8.56. The third-order valence-corrected chi connectivity index (χ3v) is 4.48. The van der Waals surface area contributed by atoms with Crippen LogP contribution in [0.1, 0.15) is 44.1 Å². The highest BCUT2D eigenvalue weighted by Gasteiger charge is 2.59. The second-order valence-corrected chi connectivity index (χ2v) is 5.80. The van der Waals surface area contributed by atoms with E-state index in [2.05, 4.69) is 24.2 Å². The molecule has 1 heterocycles. The second-order valence-electron chi connectivity index (χ2n) is 5.80. The Hall–Kier alpha value is -0.940. The zero-order valence-corrected chi connectivity index (χ0v) is 10.6. The Balaban J connectivity index is 1.89. The fraction of sp³-hybridized carbons (Fsp3) is 0.833. The van der Waals surface area contributed by atoms with Gasteiger partial charge in [-0.2, -0.15) is 0 Å². The van der Waals surface area contributed by atoms with E-state index in [4.69, 9.17) is 11.5 Å². The molecular weight excluding hydrogens is 214 g/mol. The maximum atomic E-state index is 6.31. The Morgan fingerprint density at radius 1 is 1.41 bits per heavy atom. The van der Waals surface area contributed by atoms with Crippen molar-refractivity contribution < 1.29 is 0 Å². The van der Waals surface area contributed by atoms with Crippen LogP contribution in [0.25, 0.3) is 0 Å². The lowest BCUT2D eigenvalue weighted by molar-refractivity contribution is 0.470. The molecule has 5 nitrogen and oxygen atoms in total. The normalized spacial score (nSPS) is 36.1. The lowest BCUT2D eigenvalue weighted by Gasteiger charge is -2.16. The summed E-state index contributed by atoms with van der Waals surface area (Å²) in [7, 11) is 0. The third kappa shape index (κ3) is 1.52. The van der Waals surface area contributed by atoms with E-state index in [1.807, 2.05) is 4.68 Å². The van der Waals surface area contributed by atoms with Crippen LogP contribution in [-0.2, 0) is 12.8 Å². The standard InChI is InChI=1S/C12H21N5/c1-7(2)17-10-4-3-8-11(13)12(8,14)6-5-9(10)15-16-17/h7-8,11H,3-6,13-14H2,1-2H3/t8-,11?,12+/m0/s1. The van der Waals surface area contributed by atoms with Crippen LogP contribution >= 0.6 is 0 Å². The Bertz CT molecular complexity index is 438. The highest BCUT2D eigenvalue weighted by Crippen LogP contribution is 2.47. The molecule has 4 N–H and O–H groups in total. The molecule has 17 heavy (non-hydrogen) atoms. The minimum atomic E-state index is -0.126. The van der Waals surface area contributed by atoms with Crippen LogP contribution in [0.2, 0.25) is 0 Å². The van der Waals surface area contributed by atoms with Crippen molar-refractivity contribution in [3.8, 4) is 0 Å². The molecule has 1 aromatic rings. The van der Waals surface area contributed by atoms with Crippen molar-refractivity contribution in [2.45, 2.75) is 57.2 Å². The number of fused-ring (bicyclic) bond motifs is 2. The molecule has 3 atom stereocenters. The van der Waals surface area contributed by atoms with E-state index >= 15 is 0 Å². The predicted molar refractivity (Wildman–Crippen MR) is 65.4 cm³/mol. The molecule has 1 saturated carbocycles. The molecule has 0 saturated heterocycles. The van der Waals surface area contributed by atoms with Gasteiger partial charge in [0.2, 0.25) is 0 Å².